The van der Waals surface area contributed by atoms with Gasteiger partial charge in [-0.2, -0.15) is 0 Å². The highest BCUT2D eigenvalue weighted by Crippen LogP contribution is 2.22. The van der Waals surface area contributed by atoms with Crippen LogP contribution in [0.3, 0.4) is 0 Å². The summed E-state index contributed by atoms with van der Waals surface area (Å²) in [6, 6.07) is 6.09. The van der Waals surface area contributed by atoms with Crippen molar-refractivity contribution in [2.24, 2.45) is 0 Å². The van der Waals surface area contributed by atoms with Gasteiger partial charge in [0, 0.05) is 36.7 Å². The number of carbonyl (C=O) groups excluding carboxylic acids is 1. The van der Waals surface area contributed by atoms with Gasteiger partial charge in [-0.3, -0.25) is 4.90 Å². The van der Waals surface area contributed by atoms with E-state index in [2.05, 4.69) is 16.0 Å². The van der Waals surface area contributed by atoms with E-state index in [4.69, 9.17) is 4.74 Å². The molecule has 1 aliphatic heterocycles. The number of H-pyrrole nitrogens is 1. The van der Waals surface area contributed by atoms with Gasteiger partial charge in [0.05, 0.1) is 18.8 Å². The molecule has 1 saturated heterocycles. The van der Waals surface area contributed by atoms with Crippen molar-refractivity contribution in [1.82, 2.24) is 9.88 Å². The highest BCUT2D eigenvalue weighted by molar-refractivity contribution is 6.04. The minimum atomic E-state index is -0.320. The van der Waals surface area contributed by atoms with Gasteiger partial charge in [-0.05, 0) is 24.5 Å². The standard InChI is InChI=1S/C16H20N2O3/c1-21-16(20)14-9-17-15-8-11(2-3-13(14)15)10-18-6-4-12(19)5-7-18/h2-3,8-9,12,17,19H,4-7,10H2,1H3. The quantitative estimate of drug-likeness (QED) is 0.847. The van der Waals surface area contributed by atoms with Crippen molar-refractivity contribution in [1.29, 1.82) is 0 Å². The first-order valence-corrected chi connectivity index (χ1v) is 7.26. The molecule has 5 nitrogen and oxygen atoms in total. The second-order valence-corrected chi connectivity index (χ2v) is 5.58. The maximum Gasteiger partial charge on any atom is 0.340 e. The number of aliphatic hydroxyl groups is 1. The number of hydrogen-bond donors (Lipinski definition) is 2. The van der Waals surface area contributed by atoms with Crippen molar-refractivity contribution < 1.29 is 14.6 Å². The summed E-state index contributed by atoms with van der Waals surface area (Å²) < 4.78 is 4.77. The number of methoxy groups -OCH3 is 1. The van der Waals surface area contributed by atoms with Gasteiger partial charge in [-0.1, -0.05) is 12.1 Å². The highest BCUT2D eigenvalue weighted by Gasteiger charge is 2.17. The molecule has 5 heteroatoms. The molecule has 0 atom stereocenters. The number of aliphatic hydroxyl groups excluding tert-OH is 1. The summed E-state index contributed by atoms with van der Waals surface area (Å²) in [5, 5.41) is 10.4. The fraction of sp³-hybridized carbons (Fsp3) is 0.438. The number of nitrogens with one attached hydrogen (secondary N) is 1. The van der Waals surface area contributed by atoms with Crippen LogP contribution < -0.4 is 0 Å². The Morgan fingerprint density at radius 2 is 2.19 bits per heavy atom. The summed E-state index contributed by atoms with van der Waals surface area (Å²) in [4.78, 5) is 17.1. The minimum Gasteiger partial charge on any atom is -0.465 e. The number of benzene rings is 1. The van der Waals surface area contributed by atoms with Crippen LogP contribution in [0.25, 0.3) is 10.9 Å². The lowest BCUT2D eigenvalue weighted by molar-refractivity contribution is 0.0603. The molecule has 2 heterocycles. The average molecular weight is 288 g/mol. The molecule has 0 aliphatic carbocycles. The van der Waals surface area contributed by atoms with Gasteiger partial charge < -0.3 is 14.8 Å². The van der Waals surface area contributed by atoms with Crippen LogP contribution >= 0.6 is 0 Å². The van der Waals surface area contributed by atoms with Gasteiger partial charge in [0.1, 0.15) is 0 Å². The number of rotatable bonds is 3. The van der Waals surface area contributed by atoms with E-state index >= 15 is 0 Å². The molecule has 0 spiro atoms. The molecule has 0 amide bonds. The first-order valence-electron chi connectivity index (χ1n) is 7.26. The zero-order valence-corrected chi connectivity index (χ0v) is 12.1. The van der Waals surface area contributed by atoms with E-state index in [0.29, 0.717) is 5.56 Å². The molecule has 2 N–H and O–H groups in total. The fourth-order valence-corrected chi connectivity index (χ4v) is 2.89. The van der Waals surface area contributed by atoms with E-state index in [1.165, 1.54) is 12.7 Å². The van der Waals surface area contributed by atoms with Gasteiger partial charge in [0.2, 0.25) is 0 Å². The largest absolute Gasteiger partial charge is 0.465 e. The Kier molecular flexibility index (Phi) is 3.94. The van der Waals surface area contributed by atoms with Crippen molar-refractivity contribution in [2.75, 3.05) is 20.2 Å². The molecular weight excluding hydrogens is 268 g/mol. The van der Waals surface area contributed by atoms with Crippen LogP contribution in [-0.4, -0.2) is 47.3 Å². The Morgan fingerprint density at radius 3 is 2.90 bits per heavy atom. The monoisotopic (exact) mass is 288 g/mol. The van der Waals surface area contributed by atoms with Crippen LogP contribution in [0.4, 0.5) is 0 Å². The molecule has 0 saturated carbocycles. The van der Waals surface area contributed by atoms with Crippen LogP contribution in [0.15, 0.2) is 24.4 Å². The van der Waals surface area contributed by atoms with Crippen molar-refractivity contribution in [3.63, 3.8) is 0 Å². The number of piperidine rings is 1. The number of likely N-dealkylation sites (tertiary alicyclic amines) is 1. The third-order valence-electron chi connectivity index (χ3n) is 4.11. The lowest BCUT2D eigenvalue weighted by Gasteiger charge is -2.29. The number of ether oxygens (including phenoxy) is 1. The zero-order valence-electron chi connectivity index (χ0n) is 12.1. The Hall–Kier alpha value is -1.85. The first-order chi connectivity index (χ1) is 10.2. The van der Waals surface area contributed by atoms with E-state index in [9.17, 15) is 9.90 Å². The Bertz CT molecular complexity index is 642. The summed E-state index contributed by atoms with van der Waals surface area (Å²) >= 11 is 0. The number of carbonyl (C=O) groups is 1. The van der Waals surface area contributed by atoms with E-state index < -0.39 is 0 Å². The first kappa shape index (κ1) is 14.1. The summed E-state index contributed by atoms with van der Waals surface area (Å²) in [6.45, 7) is 2.73. The van der Waals surface area contributed by atoms with Crippen LogP contribution in [0.1, 0.15) is 28.8 Å². The van der Waals surface area contributed by atoms with Gasteiger partial charge in [0.25, 0.3) is 0 Å². The summed E-state index contributed by atoms with van der Waals surface area (Å²) in [7, 11) is 1.39. The summed E-state index contributed by atoms with van der Waals surface area (Å²) in [5.41, 5.74) is 2.72. The highest BCUT2D eigenvalue weighted by atomic mass is 16.5. The third-order valence-corrected chi connectivity index (χ3v) is 4.11. The number of fused-ring (bicyclic) bond motifs is 1. The van der Waals surface area contributed by atoms with Crippen LogP contribution in [0.2, 0.25) is 0 Å². The summed E-state index contributed by atoms with van der Waals surface area (Å²) in [5.74, 6) is -0.320. The molecule has 3 rings (SSSR count). The Balaban J connectivity index is 1.77. The Morgan fingerprint density at radius 1 is 1.43 bits per heavy atom. The molecule has 112 valence electrons. The van der Waals surface area contributed by atoms with E-state index in [1.54, 1.807) is 6.20 Å². The van der Waals surface area contributed by atoms with E-state index in [0.717, 1.165) is 43.4 Å². The fourth-order valence-electron chi connectivity index (χ4n) is 2.89. The number of esters is 1. The molecule has 2 aromatic rings. The Labute approximate surface area is 123 Å². The van der Waals surface area contributed by atoms with Gasteiger partial charge in [-0.25, -0.2) is 4.79 Å². The number of hydrogen-bond acceptors (Lipinski definition) is 4. The average Bonchev–Trinajstić information content (AvgIpc) is 2.92. The van der Waals surface area contributed by atoms with E-state index in [1.807, 2.05) is 12.1 Å². The maximum absolute atomic E-state index is 11.6. The number of nitrogens with zero attached hydrogens (tertiary/aromatic N) is 1. The zero-order chi connectivity index (χ0) is 14.8. The molecule has 1 aliphatic rings. The van der Waals surface area contributed by atoms with E-state index in [-0.39, 0.29) is 12.1 Å². The molecule has 0 radical (unpaired) electrons. The van der Waals surface area contributed by atoms with Crippen molar-refractivity contribution in [3.8, 4) is 0 Å². The predicted molar refractivity (Wildman–Crippen MR) is 80.2 cm³/mol. The SMILES string of the molecule is COC(=O)c1c[nH]c2cc(CN3CCC(O)CC3)ccc12. The topological polar surface area (TPSA) is 65.6 Å². The maximum atomic E-state index is 11.6. The number of aromatic nitrogens is 1. The smallest absolute Gasteiger partial charge is 0.340 e. The van der Waals surface area contributed by atoms with Gasteiger partial charge >= 0.3 is 5.97 Å². The van der Waals surface area contributed by atoms with Crippen molar-refractivity contribution in [2.45, 2.75) is 25.5 Å². The second-order valence-electron chi connectivity index (χ2n) is 5.58. The normalized spacial score (nSPS) is 17.2. The molecule has 1 fully saturated rings. The van der Waals surface area contributed by atoms with Crippen LogP contribution in [-0.2, 0) is 11.3 Å². The molecule has 0 bridgehead atoms. The molecule has 1 aromatic carbocycles. The van der Waals surface area contributed by atoms with Gasteiger partial charge in [0.15, 0.2) is 0 Å². The second kappa shape index (κ2) is 5.87. The molecular formula is C16H20N2O3. The lowest BCUT2D eigenvalue weighted by Crippen LogP contribution is -2.35. The van der Waals surface area contributed by atoms with Crippen LogP contribution in [0.5, 0.6) is 0 Å². The number of aromatic amines is 1. The molecule has 0 unspecified atom stereocenters. The predicted octanol–water partition coefficient (Wildman–Crippen LogP) is 1.91. The van der Waals surface area contributed by atoms with Crippen molar-refractivity contribution in [3.05, 3.63) is 35.5 Å². The van der Waals surface area contributed by atoms with Crippen molar-refractivity contribution >= 4 is 16.9 Å². The van der Waals surface area contributed by atoms with Crippen LogP contribution in [0, 0.1) is 0 Å². The minimum absolute atomic E-state index is 0.144. The molecule has 21 heavy (non-hydrogen) atoms. The summed E-state index contributed by atoms with van der Waals surface area (Å²) in [6.07, 6.45) is 3.24. The molecule has 1 aromatic heterocycles. The lowest BCUT2D eigenvalue weighted by atomic mass is 10.1. The third kappa shape index (κ3) is 2.94. The van der Waals surface area contributed by atoms with Gasteiger partial charge in [-0.15, -0.1) is 0 Å².